The van der Waals surface area contributed by atoms with Crippen LogP contribution in [0.15, 0.2) is 12.3 Å². The van der Waals surface area contributed by atoms with Crippen molar-refractivity contribution in [2.24, 2.45) is 5.92 Å². The van der Waals surface area contributed by atoms with E-state index in [4.69, 9.17) is 16.0 Å². The lowest BCUT2D eigenvalue weighted by Crippen LogP contribution is -2.40. The Morgan fingerprint density at radius 2 is 2.09 bits per heavy atom. The summed E-state index contributed by atoms with van der Waals surface area (Å²) in [5.74, 6) is 0.167. The van der Waals surface area contributed by atoms with Gasteiger partial charge in [-0.3, -0.25) is 4.79 Å². The third-order valence-electron chi connectivity index (χ3n) is 5.07. The number of pyridine rings is 1. The summed E-state index contributed by atoms with van der Waals surface area (Å²) in [6.45, 7) is 12.4. The van der Waals surface area contributed by atoms with E-state index in [2.05, 4.69) is 44.2 Å². The van der Waals surface area contributed by atoms with E-state index in [1.54, 1.807) is 6.20 Å². The summed E-state index contributed by atoms with van der Waals surface area (Å²) in [7, 11) is -1.83. The fraction of sp³-hybridized carbons (Fsp3) is 0.647. The first kappa shape index (κ1) is 18.4. The van der Waals surface area contributed by atoms with Gasteiger partial charge in [0.1, 0.15) is 5.15 Å². The third-order valence-corrected chi connectivity index (χ3v) is 9.76. The summed E-state index contributed by atoms with van der Waals surface area (Å²) in [4.78, 5) is 16.0. The van der Waals surface area contributed by atoms with Gasteiger partial charge < -0.3 is 9.74 Å². The molecule has 0 bridgehead atoms. The zero-order valence-corrected chi connectivity index (χ0v) is 16.5. The molecule has 1 unspecified atom stereocenters. The van der Waals surface area contributed by atoms with Crippen molar-refractivity contribution < 1.29 is 9.22 Å². The largest absolute Gasteiger partial charge is 0.413 e. The molecule has 1 aliphatic rings. The van der Waals surface area contributed by atoms with Crippen LogP contribution in [0.2, 0.25) is 23.3 Å². The SMILES string of the molecule is CC(C)(C)[Si](C)(C)OCc1cc(Cl)ncc1CC1CCNC1=O. The van der Waals surface area contributed by atoms with E-state index in [1.807, 2.05) is 6.07 Å². The average molecular weight is 355 g/mol. The van der Waals surface area contributed by atoms with Gasteiger partial charge >= 0.3 is 0 Å². The molecule has 1 fully saturated rings. The first-order valence-electron chi connectivity index (χ1n) is 8.15. The average Bonchev–Trinajstić information content (AvgIpc) is 2.83. The van der Waals surface area contributed by atoms with Crippen molar-refractivity contribution in [1.82, 2.24) is 10.3 Å². The monoisotopic (exact) mass is 354 g/mol. The molecule has 23 heavy (non-hydrogen) atoms. The number of carbonyl (C=O) groups is 1. The van der Waals surface area contributed by atoms with E-state index in [0.29, 0.717) is 18.2 Å². The van der Waals surface area contributed by atoms with Crippen LogP contribution >= 0.6 is 11.6 Å². The second-order valence-electron chi connectivity index (χ2n) is 7.81. The van der Waals surface area contributed by atoms with Crippen molar-refractivity contribution in [1.29, 1.82) is 0 Å². The van der Waals surface area contributed by atoms with Crippen molar-refractivity contribution in [3.63, 3.8) is 0 Å². The molecule has 1 aliphatic heterocycles. The van der Waals surface area contributed by atoms with Crippen LogP contribution in [-0.2, 0) is 22.2 Å². The van der Waals surface area contributed by atoms with Gasteiger partial charge in [-0.1, -0.05) is 32.4 Å². The van der Waals surface area contributed by atoms with Crippen molar-refractivity contribution in [2.45, 2.75) is 58.4 Å². The number of hydrogen-bond donors (Lipinski definition) is 1. The number of nitrogens with one attached hydrogen (secondary N) is 1. The molecule has 1 aromatic rings. The van der Waals surface area contributed by atoms with Gasteiger partial charge in [-0.25, -0.2) is 4.98 Å². The standard InChI is InChI=1S/C17H27ClN2O2Si/c1-17(2,3)23(4,5)22-11-14-9-15(18)20-10-13(14)8-12-6-7-19-16(12)21/h9-10,12H,6-8,11H2,1-5H3,(H,19,21). The maximum atomic E-state index is 11.8. The van der Waals surface area contributed by atoms with Crippen LogP contribution in [-0.4, -0.2) is 25.8 Å². The van der Waals surface area contributed by atoms with Crippen LogP contribution in [0.4, 0.5) is 0 Å². The molecule has 1 aromatic heterocycles. The van der Waals surface area contributed by atoms with Crippen LogP contribution < -0.4 is 5.32 Å². The number of carbonyl (C=O) groups excluding carboxylic acids is 1. The Morgan fingerprint density at radius 3 is 2.65 bits per heavy atom. The minimum absolute atomic E-state index is 0.0320. The van der Waals surface area contributed by atoms with Gasteiger partial charge in [-0.15, -0.1) is 0 Å². The highest BCUT2D eigenvalue weighted by atomic mass is 35.5. The van der Waals surface area contributed by atoms with Crippen molar-refractivity contribution in [3.05, 3.63) is 28.5 Å². The Morgan fingerprint density at radius 1 is 1.39 bits per heavy atom. The maximum absolute atomic E-state index is 11.8. The zero-order chi connectivity index (χ0) is 17.3. The highest BCUT2D eigenvalue weighted by Gasteiger charge is 2.37. The van der Waals surface area contributed by atoms with E-state index in [1.165, 1.54) is 0 Å². The van der Waals surface area contributed by atoms with E-state index in [9.17, 15) is 4.79 Å². The number of rotatable bonds is 5. The second-order valence-corrected chi connectivity index (χ2v) is 13.0. The van der Waals surface area contributed by atoms with Gasteiger partial charge in [-0.2, -0.15) is 0 Å². The number of aromatic nitrogens is 1. The van der Waals surface area contributed by atoms with Gasteiger partial charge in [0.2, 0.25) is 5.91 Å². The summed E-state index contributed by atoms with van der Waals surface area (Å²) in [5, 5.41) is 3.52. The van der Waals surface area contributed by atoms with Crippen molar-refractivity contribution in [3.8, 4) is 0 Å². The summed E-state index contributed by atoms with van der Waals surface area (Å²) in [5.41, 5.74) is 2.12. The molecule has 1 saturated heterocycles. The molecule has 0 spiro atoms. The highest BCUT2D eigenvalue weighted by Crippen LogP contribution is 2.37. The lowest BCUT2D eigenvalue weighted by atomic mass is 9.96. The second kappa shape index (κ2) is 6.91. The summed E-state index contributed by atoms with van der Waals surface area (Å²) >= 11 is 6.07. The van der Waals surface area contributed by atoms with E-state index in [0.717, 1.165) is 24.1 Å². The predicted molar refractivity (Wildman–Crippen MR) is 96.1 cm³/mol. The molecule has 4 nitrogen and oxygen atoms in total. The first-order valence-corrected chi connectivity index (χ1v) is 11.4. The van der Waals surface area contributed by atoms with Crippen molar-refractivity contribution >= 4 is 25.8 Å². The summed E-state index contributed by atoms with van der Waals surface area (Å²) < 4.78 is 6.32. The Kier molecular flexibility index (Phi) is 5.54. The van der Waals surface area contributed by atoms with Crippen LogP contribution in [0, 0.1) is 5.92 Å². The molecule has 0 saturated carbocycles. The van der Waals surface area contributed by atoms with Crippen LogP contribution in [0.1, 0.15) is 38.3 Å². The predicted octanol–water partition coefficient (Wildman–Crippen LogP) is 3.94. The van der Waals surface area contributed by atoms with Gasteiger partial charge in [0.15, 0.2) is 8.32 Å². The van der Waals surface area contributed by atoms with Gasteiger partial charge in [0, 0.05) is 18.7 Å². The Bertz CT molecular complexity index is 584. The molecule has 1 amide bonds. The Labute approximate surface area is 145 Å². The maximum Gasteiger partial charge on any atom is 0.223 e. The topological polar surface area (TPSA) is 51.2 Å². The molecular formula is C17H27ClN2O2Si. The third kappa shape index (κ3) is 4.55. The highest BCUT2D eigenvalue weighted by molar-refractivity contribution is 6.74. The molecule has 0 aliphatic carbocycles. The molecule has 0 aromatic carbocycles. The molecule has 6 heteroatoms. The lowest BCUT2D eigenvalue weighted by Gasteiger charge is -2.36. The molecular weight excluding hydrogens is 328 g/mol. The van der Waals surface area contributed by atoms with E-state index in [-0.39, 0.29) is 16.9 Å². The number of halogens is 1. The van der Waals surface area contributed by atoms with Crippen LogP contribution in [0.25, 0.3) is 0 Å². The summed E-state index contributed by atoms with van der Waals surface area (Å²) in [6.07, 6.45) is 3.37. The lowest BCUT2D eigenvalue weighted by molar-refractivity contribution is -0.122. The molecule has 0 radical (unpaired) electrons. The number of nitrogens with zero attached hydrogens (tertiary/aromatic N) is 1. The van der Waals surface area contributed by atoms with Gasteiger partial charge in [0.05, 0.1) is 6.61 Å². The van der Waals surface area contributed by atoms with Gasteiger partial charge in [0.25, 0.3) is 0 Å². The quantitative estimate of drug-likeness (QED) is 0.643. The van der Waals surface area contributed by atoms with Crippen LogP contribution in [0.3, 0.4) is 0 Å². The Hall–Kier alpha value is -0.913. The molecule has 128 valence electrons. The van der Waals surface area contributed by atoms with E-state index < -0.39 is 8.32 Å². The molecule has 1 atom stereocenters. The first-order chi connectivity index (χ1) is 10.6. The minimum atomic E-state index is -1.83. The number of hydrogen-bond acceptors (Lipinski definition) is 3. The molecule has 1 N–H and O–H groups in total. The van der Waals surface area contributed by atoms with Gasteiger partial charge in [-0.05, 0) is 48.2 Å². The van der Waals surface area contributed by atoms with Crippen LogP contribution in [0.5, 0.6) is 0 Å². The van der Waals surface area contributed by atoms with Crippen molar-refractivity contribution in [2.75, 3.05) is 6.54 Å². The molecule has 2 rings (SSSR count). The Balaban J connectivity index is 2.14. The number of amides is 1. The smallest absolute Gasteiger partial charge is 0.223 e. The zero-order valence-electron chi connectivity index (χ0n) is 14.7. The molecule has 2 heterocycles. The normalized spacial score (nSPS) is 19.0. The fourth-order valence-corrected chi connectivity index (χ4v) is 3.52. The van der Waals surface area contributed by atoms with E-state index >= 15 is 0 Å². The summed E-state index contributed by atoms with van der Waals surface area (Å²) in [6, 6.07) is 1.87. The fourth-order valence-electron chi connectivity index (χ4n) is 2.39. The minimum Gasteiger partial charge on any atom is -0.413 e.